The van der Waals surface area contributed by atoms with Crippen LogP contribution in [0.4, 0.5) is 18.9 Å². The Morgan fingerprint density at radius 3 is 2.57 bits per heavy atom. The van der Waals surface area contributed by atoms with E-state index < -0.39 is 24.4 Å². The van der Waals surface area contributed by atoms with Crippen molar-refractivity contribution in [1.29, 1.82) is 0 Å². The average molecular weight is 440 g/mol. The van der Waals surface area contributed by atoms with Gasteiger partial charge in [-0.05, 0) is 42.8 Å². The van der Waals surface area contributed by atoms with Gasteiger partial charge in [-0.2, -0.15) is 23.0 Å². The second-order valence-corrected chi connectivity index (χ2v) is 6.65. The summed E-state index contributed by atoms with van der Waals surface area (Å²) in [5, 5.41) is 6.36. The van der Waals surface area contributed by atoms with Crippen molar-refractivity contribution in [3.63, 3.8) is 0 Å². The third kappa shape index (κ3) is 4.85. The summed E-state index contributed by atoms with van der Waals surface area (Å²) in [7, 11) is 1.53. The number of nitrogens with one attached hydrogen (secondary N) is 1. The maximum absolute atomic E-state index is 13.1. The lowest BCUT2D eigenvalue weighted by Crippen LogP contribution is -2.21. The van der Waals surface area contributed by atoms with Crippen molar-refractivity contribution in [2.45, 2.75) is 13.1 Å². The number of aryl methyl sites for hydroxylation is 1. The summed E-state index contributed by atoms with van der Waals surface area (Å²) >= 11 is 6.08. The van der Waals surface area contributed by atoms with E-state index in [1.807, 2.05) is 0 Å². The Labute approximate surface area is 175 Å². The van der Waals surface area contributed by atoms with E-state index in [-0.39, 0.29) is 16.6 Å². The van der Waals surface area contributed by atoms with Gasteiger partial charge in [0.25, 0.3) is 5.91 Å². The molecule has 0 aliphatic carbocycles. The highest BCUT2D eigenvalue weighted by Gasteiger charge is 2.36. The van der Waals surface area contributed by atoms with Gasteiger partial charge in [-0.1, -0.05) is 23.7 Å². The normalized spacial score (nSPS) is 11.3. The monoisotopic (exact) mass is 439 g/mol. The molecule has 1 heterocycles. The molecular formula is C20H17ClF3N3O3. The van der Waals surface area contributed by atoms with Crippen LogP contribution in [0.15, 0.2) is 48.5 Å². The lowest BCUT2D eigenvalue weighted by atomic mass is 10.2. The molecule has 0 aliphatic heterocycles. The number of ether oxygens (including phenoxy) is 2. The van der Waals surface area contributed by atoms with Crippen LogP contribution in [0.5, 0.6) is 11.6 Å². The molecule has 3 rings (SSSR count). The number of carbonyl (C=O) groups excluding carboxylic acids is 1. The molecule has 1 N–H and O–H groups in total. The van der Waals surface area contributed by atoms with Gasteiger partial charge in [0, 0.05) is 11.8 Å². The number of carbonyl (C=O) groups is 1. The highest BCUT2D eigenvalue weighted by Crippen LogP contribution is 2.33. The minimum atomic E-state index is -4.69. The standard InChI is InChI=1S/C20H17ClF3N3O3/c1-12-9-13(29-2)7-8-15(12)25-18(28)11-30-19-10-17(20(22,23)24)26-27(19)16-6-4-3-5-14(16)21/h3-10H,11H2,1-2H3,(H,25,28). The molecule has 0 atom stereocenters. The number of benzene rings is 2. The predicted molar refractivity (Wildman–Crippen MR) is 105 cm³/mol. The maximum atomic E-state index is 13.1. The Morgan fingerprint density at radius 1 is 1.20 bits per heavy atom. The molecule has 3 aromatic rings. The first-order chi connectivity index (χ1) is 14.2. The second kappa shape index (κ2) is 8.66. The molecule has 0 saturated heterocycles. The summed E-state index contributed by atoms with van der Waals surface area (Å²) in [6, 6.07) is 12.0. The van der Waals surface area contributed by atoms with Gasteiger partial charge in [0.2, 0.25) is 5.88 Å². The van der Waals surface area contributed by atoms with Crippen LogP contribution >= 0.6 is 11.6 Å². The van der Waals surface area contributed by atoms with Crippen LogP contribution in [0, 0.1) is 6.92 Å². The fraction of sp³-hybridized carbons (Fsp3) is 0.200. The third-order valence-electron chi connectivity index (χ3n) is 4.11. The van der Waals surface area contributed by atoms with E-state index in [9.17, 15) is 18.0 Å². The molecule has 0 saturated carbocycles. The number of para-hydroxylation sites is 1. The van der Waals surface area contributed by atoms with Gasteiger partial charge in [0.05, 0.1) is 17.8 Å². The van der Waals surface area contributed by atoms with Gasteiger partial charge < -0.3 is 14.8 Å². The number of halogens is 4. The zero-order valence-corrected chi connectivity index (χ0v) is 16.7. The molecule has 1 amide bonds. The largest absolute Gasteiger partial charge is 0.497 e. The molecule has 0 unspecified atom stereocenters. The number of anilines is 1. The summed E-state index contributed by atoms with van der Waals surface area (Å²) < 4.78 is 50.8. The van der Waals surface area contributed by atoms with Crippen LogP contribution < -0.4 is 14.8 Å². The molecule has 0 fully saturated rings. The predicted octanol–water partition coefficient (Wildman–Crippen LogP) is 4.88. The van der Waals surface area contributed by atoms with E-state index in [1.165, 1.54) is 19.2 Å². The van der Waals surface area contributed by atoms with Crippen LogP contribution in [0.1, 0.15) is 11.3 Å². The second-order valence-electron chi connectivity index (χ2n) is 6.25. The summed E-state index contributed by atoms with van der Waals surface area (Å²) in [6.45, 7) is 1.25. The molecule has 10 heteroatoms. The van der Waals surface area contributed by atoms with Crippen molar-refractivity contribution in [2.75, 3.05) is 19.0 Å². The van der Waals surface area contributed by atoms with E-state index in [0.29, 0.717) is 11.4 Å². The van der Waals surface area contributed by atoms with Crippen LogP contribution in [-0.2, 0) is 11.0 Å². The SMILES string of the molecule is COc1ccc(NC(=O)COc2cc(C(F)(F)F)nn2-c2ccccc2Cl)c(C)c1. The lowest BCUT2D eigenvalue weighted by molar-refractivity contribution is -0.141. The van der Waals surface area contributed by atoms with Crippen LogP contribution in [0.3, 0.4) is 0 Å². The number of hydrogen-bond donors (Lipinski definition) is 1. The first-order valence-corrected chi connectivity index (χ1v) is 9.06. The Hall–Kier alpha value is -3.20. The van der Waals surface area contributed by atoms with E-state index in [1.54, 1.807) is 37.3 Å². The third-order valence-corrected chi connectivity index (χ3v) is 4.43. The topological polar surface area (TPSA) is 65.4 Å². The Kier molecular flexibility index (Phi) is 6.21. The quantitative estimate of drug-likeness (QED) is 0.594. The molecule has 30 heavy (non-hydrogen) atoms. The minimum Gasteiger partial charge on any atom is -0.497 e. The minimum absolute atomic E-state index is 0.178. The fourth-order valence-corrected chi connectivity index (χ4v) is 2.85. The number of amides is 1. The van der Waals surface area contributed by atoms with Gasteiger partial charge in [-0.25, -0.2) is 0 Å². The molecular weight excluding hydrogens is 423 g/mol. The average Bonchev–Trinajstić information content (AvgIpc) is 3.13. The molecule has 0 bridgehead atoms. The molecule has 0 aliphatic rings. The number of rotatable bonds is 6. The zero-order valence-electron chi connectivity index (χ0n) is 16.0. The Morgan fingerprint density at radius 2 is 1.93 bits per heavy atom. The smallest absolute Gasteiger partial charge is 0.435 e. The summed E-state index contributed by atoms with van der Waals surface area (Å²) in [5.41, 5.74) is 0.308. The van der Waals surface area contributed by atoms with E-state index in [2.05, 4.69) is 10.4 Å². The van der Waals surface area contributed by atoms with Gasteiger partial charge in [-0.3, -0.25) is 4.79 Å². The van der Waals surface area contributed by atoms with Crippen LogP contribution in [0.2, 0.25) is 5.02 Å². The van der Waals surface area contributed by atoms with E-state index in [0.717, 1.165) is 16.3 Å². The highest BCUT2D eigenvalue weighted by atomic mass is 35.5. The van der Waals surface area contributed by atoms with Gasteiger partial charge in [0.1, 0.15) is 5.75 Å². The van der Waals surface area contributed by atoms with Crippen molar-refractivity contribution >= 4 is 23.2 Å². The first kappa shape index (κ1) is 21.5. The van der Waals surface area contributed by atoms with Crippen molar-refractivity contribution in [2.24, 2.45) is 0 Å². The van der Waals surface area contributed by atoms with Crippen molar-refractivity contribution in [3.05, 3.63) is 64.8 Å². The maximum Gasteiger partial charge on any atom is 0.435 e. The van der Waals surface area contributed by atoms with Crippen molar-refractivity contribution in [1.82, 2.24) is 9.78 Å². The number of hydrogen-bond acceptors (Lipinski definition) is 4. The fourth-order valence-electron chi connectivity index (χ4n) is 2.63. The van der Waals surface area contributed by atoms with Crippen LogP contribution in [0.25, 0.3) is 5.69 Å². The van der Waals surface area contributed by atoms with E-state index >= 15 is 0 Å². The first-order valence-electron chi connectivity index (χ1n) is 8.68. The highest BCUT2D eigenvalue weighted by molar-refractivity contribution is 6.32. The van der Waals surface area contributed by atoms with Crippen molar-refractivity contribution < 1.29 is 27.4 Å². The van der Waals surface area contributed by atoms with Gasteiger partial charge in [0.15, 0.2) is 12.3 Å². The Balaban J connectivity index is 1.80. The molecule has 2 aromatic carbocycles. The van der Waals surface area contributed by atoms with E-state index in [4.69, 9.17) is 21.1 Å². The molecule has 6 nitrogen and oxygen atoms in total. The molecule has 158 valence electrons. The number of alkyl halides is 3. The molecule has 1 aromatic heterocycles. The summed E-state index contributed by atoms with van der Waals surface area (Å²) in [6.07, 6.45) is -4.69. The van der Waals surface area contributed by atoms with Gasteiger partial charge in [-0.15, -0.1) is 0 Å². The lowest BCUT2D eigenvalue weighted by Gasteiger charge is -2.12. The van der Waals surface area contributed by atoms with Crippen LogP contribution in [-0.4, -0.2) is 29.4 Å². The number of nitrogens with zero attached hydrogens (tertiary/aromatic N) is 2. The zero-order chi connectivity index (χ0) is 21.9. The van der Waals surface area contributed by atoms with Gasteiger partial charge >= 0.3 is 6.18 Å². The molecule has 0 spiro atoms. The van der Waals surface area contributed by atoms with Crippen molar-refractivity contribution in [3.8, 4) is 17.3 Å². The number of methoxy groups -OCH3 is 1. The summed E-state index contributed by atoms with van der Waals surface area (Å²) in [4.78, 5) is 12.3. The Bertz CT molecular complexity index is 1070. The number of aromatic nitrogens is 2. The summed E-state index contributed by atoms with van der Waals surface area (Å²) in [5.74, 6) is -0.189. The molecule has 0 radical (unpaired) electrons.